The topological polar surface area (TPSA) is 80.8 Å². The van der Waals surface area contributed by atoms with Crippen molar-refractivity contribution in [3.8, 4) is 0 Å². The van der Waals surface area contributed by atoms with E-state index in [2.05, 4.69) is 0 Å². The van der Waals surface area contributed by atoms with E-state index in [9.17, 15) is 18.3 Å². The number of anilines is 1. The number of benzene rings is 1. The van der Waals surface area contributed by atoms with E-state index in [-0.39, 0.29) is 10.9 Å². The molecule has 0 unspecified atom stereocenters. The Morgan fingerprint density at radius 3 is 2.10 bits per heavy atom. The largest absolute Gasteiger partial charge is 0.530 e. The van der Waals surface area contributed by atoms with Crippen LogP contribution in [-0.2, 0) is 10.0 Å². The molecule has 0 atom stereocenters. The van der Waals surface area contributed by atoms with Gasteiger partial charge in [-0.1, -0.05) is 12.8 Å². The van der Waals surface area contributed by atoms with Crippen LogP contribution in [0.2, 0.25) is 0 Å². The quantitative estimate of drug-likeness (QED) is 0.831. The fourth-order valence-electron chi connectivity index (χ4n) is 2.62. The highest BCUT2D eigenvalue weighted by atomic mass is 32.2. The van der Waals surface area contributed by atoms with Crippen molar-refractivity contribution in [2.45, 2.75) is 36.6 Å². The molecule has 7 heteroatoms. The van der Waals surface area contributed by atoms with Gasteiger partial charge in [0.15, 0.2) is 0 Å². The molecule has 0 bridgehead atoms. The predicted molar refractivity (Wildman–Crippen MR) is 77.4 cm³/mol. The molecular weight excluding hydrogens is 292 g/mol. The zero-order valence-corrected chi connectivity index (χ0v) is 13.0. The van der Waals surface area contributed by atoms with Crippen LogP contribution in [-0.4, -0.2) is 39.0 Å². The van der Waals surface area contributed by atoms with Crippen LogP contribution in [0, 0.1) is 0 Å². The van der Waals surface area contributed by atoms with Gasteiger partial charge in [0.25, 0.3) is 0 Å². The lowest BCUT2D eigenvalue weighted by Crippen LogP contribution is -2.46. The SMILES string of the molecule is CN(C)S(=O)(=O)c1ccc(N(C(=O)[O-])C2CCCC2)cc1. The van der Waals surface area contributed by atoms with Gasteiger partial charge in [-0.15, -0.1) is 0 Å². The molecule has 0 aliphatic heterocycles. The minimum Gasteiger partial charge on any atom is -0.530 e. The van der Waals surface area contributed by atoms with Gasteiger partial charge in [0.2, 0.25) is 10.0 Å². The Morgan fingerprint density at radius 2 is 1.67 bits per heavy atom. The number of amides is 1. The molecule has 0 N–H and O–H groups in total. The van der Waals surface area contributed by atoms with Gasteiger partial charge in [-0.3, -0.25) is 0 Å². The normalized spacial score (nSPS) is 16.3. The minimum absolute atomic E-state index is 0.0775. The van der Waals surface area contributed by atoms with Gasteiger partial charge in [-0.2, -0.15) is 0 Å². The summed E-state index contributed by atoms with van der Waals surface area (Å²) in [4.78, 5) is 12.7. The van der Waals surface area contributed by atoms with Gasteiger partial charge in [0.1, 0.15) is 6.09 Å². The molecule has 2 rings (SSSR count). The average Bonchev–Trinajstić information content (AvgIpc) is 2.92. The van der Waals surface area contributed by atoms with Crippen molar-refractivity contribution in [2.75, 3.05) is 19.0 Å². The molecule has 1 aromatic carbocycles. The van der Waals surface area contributed by atoms with Crippen LogP contribution < -0.4 is 10.0 Å². The van der Waals surface area contributed by atoms with Gasteiger partial charge >= 0.3 is 0 Å². The molecule has 1 amide bonds. The fraction of sp³-hybridized carbons (Fsp3) is 0.500. The van der Waals surface area contributed by atoms with Crippen LogP contribution >= 0.6 is 0 Å². The number of hydrogen-bond acceptors (Lipinski definition) is 4. The van der Waals surface area contributed by atoms with Crippen LogP contribution in [0.1, 0.15) is 25.7 Å². The summed E-state index contributed by atoms with van der Waals surface area (Å²) in [5, 5.41) is 11.4. The summed E-state index contributed by atoms with van der Waals surface area (Å²) in [6.45, 7) is 0. The lowest BCUT2D eigenvalue weighted by atomic mass is 10.2. The van der Waals surface area contributed by atoms with Gasteiger partial charge in [0, 0.05) is 25.8 Å². The van der Waals surface area contributed by atoms with Crippen LogP contribution in [0.15, 0.2) is 29.2 Å². The van der Waals surface area contributed by atoms with Crippen molar-refractivity contribution in [3.05, 3.63) is 24.3 Å². The summed E-state index contributed by atoms with van der Waals surface area (Å²) in [6, 6.07) is 5.81. The average molecular weight is 311 g/mol. The van der Waals surface area contributed by atoms with E-state index < -0.39 is 16.1 Å². The number of carbonyl (C=O) groups excluding carboxylic acids is 1. The molecule has 1 aromatic rings. The Kier molecular flexibility index (Phi) is 4.53. The summed E-state index contributed by atoms with van der Waals surface area (Å²) in [5.41, 5.74) is 0.458. The Hall–Kier alpha value is -1.60. The highest BCUT2D eigenvalue weighted by Crippen LogP contribution is 2.29. The third kappa shape index (κ3) is 3.19. The molecule has 6 nitrogen and oxygen atoms in total. The summed E-state index contributed by atoms with van der Waals surface area (Å²) in [5.74, 6) is 0. The third-order valence-electron chi connectivity index (χ3n) is 3.78. The maximum Gasteiger partial charge on any atom is 0.242 e. The molecule has 0 heterocycles. The molecule has 1 aliphatic carbocycles. The maximum atomic E-state index is 12.0. The smallest absolute Gasteiger partial charge is 0.242 e. The van der Waals surface area contributed by atoms with Crippen molar-refractivity contribution >= 4 is 21.8 Å². The van der Waals surface area contributed by atoms with Crippen molar-refractivity contribution in [1.82, 2.24) is 4.31 Å². The number of hydrogen-bond donors (Lipinski definition) is 0. The Labute approximate surface area is 125 Å². The van der Waals surface area contributed by atoms with Crippen LogP contribution in [0.4, 0.5) is 10.5 Å². The molecule has 1 saturated carbocycles. The second kappa shape index (κ2) is 6.03. The van der Waals surface area contributed by atoms with E-state index in [1.165, 1.54) is 43.3 Å². The molecule has 1 aliphatic rings. The van der Waals surface area contributed by atoms with E-state index in [0.717, 1.165) is 30.0 Å². The molecule has 0 aromatic heterocycles. The first-order valence-electron chi connectivity index (χ1n) is 6.87. The van der Waals surface area contributed by atoms with E-state index in [1.807, 2.05) is 0 Å². The first kappa shape index (κ1) is 15.8. The van der Waals surface area contributed by atoms with Crippen molar-refractivity contribution in [1.29, 1.82) is 0 Å². The first-order chi connectivity index (χ1) is 9.84. The molecule has 116 valence electrons. The van der Waals surface area contributed by atoms with Crippen LogP contribution in [0.25, 0.3) is 0 Å². The Balaban J connectivity index is 2.30. The second-order valence-electron chi connectivity index (χ2n) is 5.36. The second-order valence-corrected chi connectivity index (χ2v) is 7.51. The Morgan fingerprint density at radius 1 is 1.14 bits per heavy atom. The molecule has 1 fully saturated rings. The number of nitrogens with zero attached hydrogens (tertiary/aromatic N) is 2. The summed E-state index contributed by atoms with van der Waals surface area (Å²) < 4.78 is 25.1. The molecular formula is C14H19N2O4S-. The van der Waals surface area contributed by atoms with Gasteiger partial charge in [0.05, 0.1) is 4.90 Å². The number of rotatable bonds is 4. The highest BCUT2D eigenvalue weighted by Gasteiger charge is 2.24. The monoisotopic (exact) mass is 311 g/mol. The van der Waals surface area contributed by atoms with Crippen LogP contribution in [0.3, 0.4) is 0 Å². The zero-order valence-electron chi connectivity index (χ0n) is 12.2. The number of sulfonamides is 1. The molecule has 0 saturated heterocycles. The van der Waals surface area contributed by atoms with Crippen molar-refractivity contribution < 1.29 is 18.3 Å². The maximum absolute atomic E-state index is 12.0. The minimum atomic E-state index is -3.51. The number of carboxylic acid groups (broad SMARTS) is 1. The molecule has 0 spiro atoms. The lowest BCUT2D eigenvalue weighted by molar-refractivity contribution is -0.247. The molecule has 21 heavy (non-hydrogen) atoms. The summed E-state index contributed by atoms with van der Waals surface area (Å²) in [6.07, 6.45) is 2.38. The van der Waals surface area contributed by atoms with E-state index in [0.29, 0.717) is 5.69 Å². The zero-order chi connectivity index (χ0) is 15.6. The summed E-state index contributed by atoms with van der Waals surface area (Å²) >= 11 is 0. The molecule has 0 radical (unpaired) electrons. The predicted octanol–water partition coefficient (Wildman–Crippen LogP) is 1.03. The Bertz CT molecular complexity index is 604. The standard InChI is InChI=1S/C14H20N2O4S/c1-15(2)21(19,20)13-9-7-12(8-10-13)16(14(17)18)11-5-3-4-6-11/h7-11H,3-6H2,1-2H3,(H,17,18)/p-1. The fourth-order valence-corrected chi connectivity index (χ4v) is 3.52. The van der Waals surface area contributed by atoms with E-state index >= 15 is 0 Å². The number of carbonyl (C=O) groups is 1. The summed E-state index contributed by atoms with van der Waals surface area (Å²) in [7, 11) is -0.600. The highest BCUT2D eigenvalue weighted by molar-refractivity contribution is 7.89. The van der Waals surface area contributed by atoms with Gasteiger partial charge in [-0.25, -0.2) is 12.7 Å². The third-order valence-corrected chi connectivity index (χ3v) is 5.61. The van der Waals surface area contributed by atoms with Crippen LogP contribution in [0.5, 0.6) is 0 Å². The van der Waals surface area contributed by atoms with Crippen molar-refractivity contribution in [3.63, 3.8) is 0 Å². The van der Waals surface area contributed by atoms with Gasteiger partial charge in [-0.05, 0) is 37.1 Å². The first-order valence-corrected chi connectivity index (χ1v) is 8.31. The lowest BCUT2D eigenvalue weighted by Gasteiger charge is -2.31. The van der Waals surface area contributed by atoms with Gasteiger partial charge < -0.3 is 14.8 Å². The van der Waals surface area contributed by atoms with Crippen molar-refractivity contribution in [2.24, 2.45) is 0 Å². The van der Waals surface area contributed by atoms with E-state index in [4.69, 9.17) is 0 Å². The van der Waals surface area contributed by atoms with E-state index in [1.54, 1.807) is 0 Å².